The highest BCUT2D eigenvalue weighted by Gasteiger charge is 2.35. The van der Waals surface area contributed by atoms with E-state index in [0.717, 1.165) is 78.0 Å². The van der Waals surface area contributed by atoms with Crippen molar-refractivity contribution < 1.29 is 9.53 Å². The molecule has 7 nitrogen and oxygen atoms in total. The van der Waals surface area contributed by atoms with E-state index in [4.69, 9.17) is 14.7 Å². The number of rotatable bonds is 6. The maximum absolute atomic E-state index is 13.7. The number of carbonyl (C=O) groups excluding carboxylic acids is 1. The van der Waals surface area contributed by atoms with Crippen LogP contribution in [0.2, 0.25) is 0 Å². The Bertz CT molecular complexity index is 2870. The normalized spacial score (nSPS) is 20.4. The van der Waals surface area contributed by atoms with Crippen molar-refractivity contribution in [2.45, 2.75) is 18.9 Å². The topological polar surface area (TPSA) is 98.4 Å². The molecule has 10 rings (SSSR count). The summed E-state index contributed by atoms with van der Waals surface area (Å²) < 4.78 is 5.64. The summed E-state index contributed by atoms with van der Waals surface area (Å²) in [7, 11) is 0. The van der Waals surface area contributed by atoms with Crippen molar-refractivity contribution in [3.8, 4) is 0 Å². The van der Waals surface area contributed by atoms with Crippen LogP contribution in [0.15, 0.2) is 174 Å². The number of nitrogens with zero attached hydrogens (tertiary/aromatic N) is 2. The summed E-state index contributed by atoms with van der Waals surface area (Å²) >= 11 is 0. The minimum absolute atomic E-state index is 0.108. The SMILES string of the molecule is CCOC(=O)c1[nH]cc2c1/C1=C(\c3ccccc3)c3ccc([nH]3)C(c3ccccc3)C3C=CC(=N3)/C(c3ccccc3)=c3/cc/c([nH]3)=C(\c3ccccc3)C2=N1. The van der Waals surface area contributed by atoms with E-state index in [2.05, 4.69) is 124 Å². The molecule has 56 heavy (non-hydrogen) atoms. The van der Waals surface area contributed by atoms with E-state index >= 15 is 0 Å². The Balaban J connectivity index is 1.37. The third-order valence-electron chi connectivity index (χ3n) is 10.8. The number of benzene rings is 4. The Kier molecular flexibility index (Phi) is 8.25. The third kappa shape index (κ3) is 5.64. The van der Waals surface area contributed by atoms with Crippen molar-refractivity contribution in [3.63, 3.8) is 0 Å². The van der Waals surface area contributed by atoms with Gasteiger partial charge in [-0.3, -0.25) is 4.99 Å². The zero-order valence-electron chi connectivity index (χ0n) is 30.7. The highest BCUT2D eigenvalue weighted by Crippen LogP contribution is 2.43. The summed E-state index contributed by atoms with van der Waals surface area (Å²) in [4.78, 5) is 35.8. The number of allylic oxidation sites excluding steroid dienone is 1. The highest BCUT2D eigenvalue weighted by molar-refractivity contribution is 6.37. The first-order valence-electron chi connectivity index (χ1n) is 19.0. The minimum Gasteiger partial charge on any atom is -0.461 e. The number of fused-ring (bicyclic) bond motifs is 9. The first-order valence-corrected chi connectivity index (χ1v) is 19.0. The Labute approximate surface area is 323 Å². The molecule has 0 saturated heterocycles. The van der Waals surface area contributed by atoms with Gasteiger partial charge >= 0.3 is 5.97 Å². The number of hydrogen-bond acceptors (Lipinski definition) is 4. The lowest BCUT2D eigenvalue weighted by atomic mass is 9.89. The highest BCUT2D eigenvalue weighted by atomic mass is 16.5. The van der Waals surface area contributed by atoms with Gasteiger partial charge in [0.25, 0.3) is 0 Å². The first-order chi connectivity index (χ1) is 27.7. The van der Waals surface area contributed by atoms with Crippen LogP contribution < -0.4 is 10.7 Å². The number of hydrogen-bond donors (Lipinski definition) is 3. The molecular weight excluding hydrogens is 691 g/mol. The molecule has 0 aliphatic carbocycles. The molecule has 4 aromatic carbocycles. The number of aromatic amines is 3. The van der Waals surface area contributed by atoms with Gasteiger partial charge in [0.1, 0.15) is 5.69 Å². The second-order valence-corrected chi connectivity index (χ2v) is 14.1. The van der Waals surface area contributed by atoms with Crippen LogP contribution >= 0.6 is 0 Å². The summed E-state index contributed by atoms with van der Waals surface area (Å²) in [6.07, 6.45) is 6.28. The molecule has 2 unspecified atom stereocenters. The minimum atomic E-state index is -0.427. The van der Waals surface area contributed by atoms with Crippen molar-refractivity contribution in [1.29, 1.82) is 0 Å². The molecule has 270 valence electrons. The van der Waals surface area contributed by atoms with Gasteiger partial charge in [0.2, 0.25) is 0 Å². The van der Waals surface area contributed by atoms with Gasteiger partial charge in [-0.15, -0.1) is 0 Å². The summed E-state index contributed by atoms with van der Waals surface area (Å²) in [5.74, 6) is -0.535. The molecule has 3 N–H and O–H groups in total. The van der Waals surface area contributed by atoms with Gasteiger partial charge in [0.05, 0.1) is 35.7 Å². The summed E-state index contributed by atoms with van der Waals surface area (Å²) in [6.45, 7) is 2.07. The number of H-pyrrole nitrogens is 3. The molecule has 7 aromatic rings. The average molecular weight is 728 g/mol. The van der Waals surface area contributed by atoms with Gasteiger partial charge < -0.3 is 19.7 Å². The molecule has 0 saturated carbocycles. The lowest BCUT2D eigenvalue weighted by molar-refractivity contribution is 0.0520. The maximum atomic E-state index is 13.7. The Morgan fingerprint density at radius 1 is 0.679 bits per heavy atom. The second kappa shape index (κ2) is 13.9. The predicted molar refractivity (Wildman–Crippen MR) is 223 cm³/mol. The number of aromatic nitrogens is 3. The maximum Gasteiger partial charge on any atom is 0.355 e. The number of carbonyl (C=O) groups is 1. The number of nitrogens with one attached hydrogen (secondary N) is 3. The van der Waals surface area contributed by atoms with Crippen LogP contribution in [0.4, 0.5) is 0 Å². The van der Waals surface area contributed by atoms with Crippen LogP contribution in [0.25, 0.3) is 22.4 Å². The molecule has 8 bridgehead atoms. The largest absolute Gasteiger partial charge is 0.461 e. The first kappa shape index (κ1) is 33.3. The van der Waals surface area contributed by atoms with Crippen LogP contribution in [-0.4, -0.2) is 45.0 Å². The van der Waals surface area contributed by atoms with E-state index in [0.29, 0.717) is 17.0 Å². The lowest BCUT2D eigenvalue weighted by Crippen LogP contribution is -2.22. The standard InChI is InChI=1S/C49H37N5O2/c1-2-56-49(55)48-45-34(29-50-48)46-43(32-19-11-5-12-20-32)39-27-25-37(52-39)41(30-15-7-3-8-16-30)35-23-24-36(51-35)42(31-17-9-4-10-18-31)38-26-28-40(53-38)44(47(45)54-46)33-21-13-6-14-22-33/h3-29,36,42,50,52-53H,2H2,1H3/b41-37-,43-39-,47-44-. The predicted octanol–water partition coefficient (Wildman–Crippen LogP) is 8.19. The molecule has 3 aromatic heterocycles. The fourth-order valence-corrected chi connectivity index (χ4v) is 8.33. The Hall–Kier alpha value is -7.25. The number of ether oxygens (including phenoxy) is 1. The molecule has 0 amide bonds. The molecular formula is C49H37N5O2. The monoisotopic (exact) mass is 727 g/mol. The zero-order chi connectivity index (χ0) is 37.6. The average Bonchev–Trinajstić information content (AvgIpc) is 4.10. The van der Waals surface area contributed by atoms with Gasteiger partial charge in [0, 0.05) is 56.1 Å². The quantitative estimate of drug-likeness (QED) is 0.151. The Morgan fingerprint density at radius 3 is 1.95 bits per heavy atom. The van der Waals surface area contributed by atoms with Gasteiger partial charge in [-0.1, -0.05) is 127 Å². The summed E-state index contributed by atoms with van der Waals surface area (Å²) in [5, 5.41) is 1.83. The van der Waals surface area contributed by atoms with Crippen LogP contribution in [0.5, 0.6) is 0 Å². The van der Waals surface area contributed by atoms with E-state index in [1.807, 2.05) is 61.7 Å². The fraction of sp³-hybridized carbons (Fsp3) is 0.0816. The van der Waals surface area contributed by atoms with E-state index in [9.17, 15) is 4.79 Å². The molecule has 6 heterocycles. The number of esters is 1. The van der Waals surface area contributed by atoms with Crippen molar-refractivity contribution in [2.24, 2.45) is 9.98 Å². The molecule has 0 spiro atoms. The summed E-state index contributed by atoms with van der Waals surface area (Å²) in [6, 6.07) is 50.0. The fourth-order valence-electron chi connectivity index (χ4n) is 8.33. The van der Waals surface area contributed by atoms with E-state index in [1.165, 1.54) is 0 Å². The van der Waals surface area contributed by atoms with Crippen LogP contribution in [0.3, 0.4) is 0 Å². The smallest absolute Gasteiger partial charge is 0.355 e. The van der Waals surface area contributed by atoms with E-state index < -0.39 is 5.97 Å². The van der Waals surface area contributed by atoms with Crippen LogP contribution in [-0.2, 0) is 4.74 Å². The van der Waals surface area contributed by atoms with Gasteiger partial charge in [-0.2, -0.15) is 0 Å². The van der Waals surface area contributed by atoms with Crippen molar-refractivity contribution >= 4 is 39.8 Å². The van der Waals surface area contributed by atoms with Crippen LogP contribution in [0.1, 0.15) is 68.1 Å². The second-order valence-electron chi connectivity index (χ2n) is 14.1. The van der Waals surface area contributed by atoms with Gasteiger partial charge in [-0.05, 0) is 59.5 Å². The molecule has 7 heteroatoms. The molecule has 3 aliphatic rings. The molecule has 2 atom stereocenters. The van der Waals surface area contributed by atoms with Crippen molar-refractivity contribution in [2.75, 3.05) is 6.61 Å². The van der Waals surface area contributed by atoms with Crippen molar-refractivity contribution in [1.82, 2.24) is 15.0 Å². The van der Waals surface area contributed by atoms with Crippen LogP contribution in [0, 0.1) is 0 Å². The van der Waals surface area contributed by atoms with E-state index in [-0.39, 0.29) is 18.6 Å². The lowest BCUT2D eigenvalue weighted by Gasteiger charge is -2.21. The zero-order valence-corrected chi connectivity index (χ0v) is 30.7. The van der Waals surface area contributed by atoms with E-state index in [1.54, 1.807) is 0 Å². The summed E-state index contributed by atoms with van der Waals surface area (Å²) in [5.41, 5.74) is 13.1. The number of aliphatic imine (C=N–C) groups is 2. The van der Waals surface area contributed by atoms with Gasteiger partial charge in [-0.25, -0.2) is 9.79 Å². The molecule has 0 radical (unpaired) electrons. The molecule has 3 aliphatic heterocycles. The third-order valence-corrected chi connectivity index (χ3v) is 10.8. The molecule has 0 fully saturated rings. The Morgan fingerprint density at radius 2 is 1.29 bits per heavy atom. The van der Waals surface area contributed by atoms with Gasteiger partial charge in [0.15, 0.2) is 0 Å². The van der Waals surface area contributed by atoms with Crippen molar-refractivity contribution in [3.05, 3.63) is 225 Å².